The second-order valence-corrected chi connectivity index (χ2v) is 3.84. The molecule has 0 saturated carbocycles. The monoisotopic (exact) mass is 268 g/mol. The van der Waals surface area contributed by atoms with Gasteiger partial charge >= 0.3 is 11.8 Å². The van der Waals surface area contributed by atoms with E-state index < -0.39 is 11.8 Å². The van der Waals surface area contributed by atoms with E-state index in [-0.39, 0.29) is 25.4 Å². The van der Waals surface area contributed by atoms with Crippen LogP contribution in [0.3, 0.4) is 0 Å². The van der Waals surface area contributed by atoms with Crippen molar-refractivity contribution < 1.29 is 19.1 Å². The van der Waals surface area contributed by atoms with Gasteiger partial charge in [0.1, 0.15) is 6.54 Å². The molecule has 1 fully saturated rings. The van der Waals surface area contributed by atoms with Gasteiger partial charge in [0.15, 0.2) is 0 Å². The van der Waals surface area contributed by atoms with Crippen LogP contribution < -0.4 is 10.6 Å². The molecule has 8 nitrogen and oxygen atoms in total. The molecule has 1 rings (SSSR count). The van der Waals surface area contributed by atoms with E-state index in [9.17, 15) is 14.4 Å². The van der Waals surface area contributed by atoms with Crippen molar-refractivity contribution in [2.45, 2.75) is 6.42 Å². The number of nitrogens with one attached hydrogen (secondary N) is 2. The molecular weight excluding hydrogens is 252 g/mol. The Labute approximate surface area is 110 Å². The molecule has 3 amide bonds. The van der Waals surface area contributed by atoms with Crippen molar-refractivity contribution in [2.75, 3.05) is 39.4 Å². The van der Waals surface area contributed by atoms with Crippen LogP contribution in [0.15, 0.2) is 0 Å². The van der Waals surface area contributed by atoms with Crippen LogP contribution in [0.25, 0.3) is 0 Å². The van der Waals surface area contributed by atoms with Crippen LogP contribution >= 0.6 is 0 Å². The zero-order valence-electron chi connectivity index (χ0n) is 10.5. The predicted molar refractivity (Wildman–Crippen MR) is 63.6 cm³/mol. The summed E-state index contributed by atoms with van der Waals surface area (Å²) in [6.07, 6.45) is 0.136. The molecule has 1 heterocycles. The van der Waals surface area contributed by atoms with E-state index in [1.807, 2.05) is 0 Å². The summed E-state index contributed by atoms with van der Waals surface area (Å²) in [4.78, 5) is 35.7. The van der Waals surface area contributed by atoms with Crippen LogP contribution in [0.4, 0.5) is 0 Å². The summed E-state index contributed by atoms with van der Waals surface area (Å²) < 4.78 is 5.12. The number of hydrogen-bond donors (Lipinski definition) is 2. The van der Waals surface area contributed by atoms with Crippen molar-refractivity contribution in [3.8, 4) is 6.07 Å². The summed E-state index contributed by atoms with van der Waals surface area (Å²) >= 11 is 0. The largest absolute Gasteiger partial charge is 0.378 e. The number of rotatable bonds is 4. The summed E-state index contributed by atoms with van der Waals surface area (Å²) in [5.74, 6) is -1.80. The van der Waals surface area contributed by atoms with Gasteiger partial charge in [0, 0.05) is 26.1 Å². The second kappa shape index (κ2) is 8.05. The van der Waals surface area contributed by atoms with Crippen molar-refractivity contribution in [1.29, 1.82) is 5.26 Å². The van der Waals surface area contributed by atoms with Gasteiger partial charge in [0.25, 0.3) is 0 Å². The van der Waals surface area contributed by atoms with E-state index in [0.29, 0.717) is 26.3 Å². The minimum absolute atomic E-state index is 0.0824. The highest BCUT2D eigenvalue weighted by Gasteiger charge is 2.17. The molecule has 0 bridgehead atoms. The van der Waals surface area contributed by atoms with Gasteiger partial charge in [-0.05, 0) is 0 Å². The van der Waals surface area contributed by atoms with Crippen LogP contribution in [-0.4, -0.2) is 62.0 Å². The van der Waals surface area contributed by atoms with Gasteiger partial charge in [-0.1, -0.05) is 0 Å². The van der Waals surface area contributed by atoms with Gasteiger partial charge in [0.05, 0.1) is 19.3 Å². The van der Waals surface area contributed by atoms with Crippen molar-refractivity contribution in [3.63, 3.8) is 0 Å². The van der Waals surface area contributed by atoms with Crippen molar-refractivity contribution in [2.24, 2.45) is 0 Å². The minimum atomic E-state index is -0.875. The smallest absolute Gasteiger partial charge is 0.310 e. The summed E-state index contributed by atoms with van der Waals surface area (Å²) in [5, 5.41) is 12.7. The third-order valence-corrected chi connectivity index (χ3v) is 2.52. The Hall–Kier alpha value is -2.14. The van der Waals surface area contributed by atoms with E-state index in [1.54, 1.807) is 11.0 Å². The highest BCUT2D eigenvalue weighted by Crippen LogP contribution is 1.99. The number of hydrogen-bond acceptors (Lipinski definition) is 5. The van der Waals surface area contributed by atoms with E-state index in [1.165, 1.54) is 0 Å². The molecule has 104 valence electrons. The maximum Gasteiger partial charge on any atom is 0.310 e. The van der Waals surface area contributed by atoms with Gasteiger partial charge < -0.3 is 20.3 Å². The Morgan fingerprint density at radius 1 is 1.16 bits per heavy atom. The lowest BCUT2D eigenvalue weighted by molar-refractivity contribution is -0.139. The SMILES string of the molecule is N#CCNC(=O)C(=O)NCCC(=O)N1CCOCC1. The molecule has 1 saturated heterocycles. The zero-order valence-corrected chi connectivity index (χ0v) is 10.5. The molecule has 19 heavy (non-hydrogen) atoms. The van der Waals surface area contributed by atoms with Crippen molar-refractivity contribution in [1.82, 2.24) is 15.5 Å². The summed E-state index contributed by atoms with van der Waals surface area (Å²) in [6.45, 7) is 2.02. The molecule has 0 spiro atoms. The van der Waals surface area contributed by atoms with Crippen molar-refractivity contribution in [3.05, 3.63) is 0 Å². The lowest BCUT2D eigenvalue weighted by atomic mass is 10.3. The molecule has 8 heteroatoms. The lowest BCUT2D eigenvalue weighted by Gasteiger charge is -2.26. The quantitative estimate of drug-likeness (QED) is 0.452. The maximum atomic E-state index is 11.7. The number of carbonyl (C=O) groups excluding carboxylic acids is 3. The number of nitrogens with zero attached hydrogens (tertiary/aromatic N) is 2. The van der Waals surface area contributed by atoms with E-state index >= 15 is 0 Å². The molecule has 0 radical (unpaired) electrons. The molecule has 2 N–H and O–H groups in total. The average Bonchev–Trinajstić information content (AvgIpc) is 2.45. The molecule has 0 aromatic carbocycles. The van der Waals surface area contributed by atoms with Gasteiger partial charge in [-0.15, -0.1) is 0 Å². The Morgan fingerprint density at radius 2 is 1.79 bits per heavy atom. The molecule has 1 aliphatic heterocycles. The van der Waals surface area contributed by atoms with Crippen LogP contribution in [0.1, 0.15) is 6.42 Å². The topological polar surface area (TPSA) is 112 Å². The van der Waals surface area contributed by atoms with Crippen molar-refractivity contribution >= 4 is 17.7 Å². The van der Waals surface area contributed by atoms with Gasteiger partial charge in [-0.3, -0.25) is 14.4 Å². The summed E-state index contributed by atoms with van der Waals surface area (Å²) in [6, 6.07) is 1.69. The molecule has 0 unspecified atom stereocenters. The lowest BCUT2D eigenvalue weighted by Crippen LogP contribution is -2.44. The average molecular weight is 268 g/mol. The normalized spacial score (nSPS) is 14.4. The molecule has 0 aromatic rings. The Bertz CT molecular complexity index is 385. The third kappa shape index (κ3) is 5.35. The Morgan fingerprint density at radius 3 is 2.42 bits per heavy atom. The first-order chi connectivity index (χ1) is 9.15. The molecular formula is C11H16N4O4. The second-order valence-electron chi connectivity index (χ2n) is 3.84. The van der Waals surface area contributed by atoms with E-state index in [0.717, 1.165) is 0 Å². The maximum absolute atomic E-state index is 11.7. The minimum Gasteiger partial charge on any atom is -0.378 e. The van der Waals surface area contributed by atoms with Crippen LogP contribution in [0, 0.1) is 11.3 Å². The van der Waals surface area contributed by atoms with Gasteiger partial charge in [-0.25, -0.2) is 0 Å². The first-order valence-corrected chi connectivity index (χ1v) is 5.93. The Balaban J connectivity index is 2.18. The highest BCUT2D eigenvalue weighted by molar-refractivity contribution is 6.35. The number of amides is 3. The fraction of sp³-hybridized carbons (Fsp3) is 0.636. The van der Waals surface area contributed by atoms with Gasteiger partial charge in [0.2, 0.25) is 5.91 Å². The summed E-state index contributed by atoms with van der Waals surface area (Å²) in [7, 11) is 0. The predicted octanol–water partition coefficient (Wildman–Crippen LogP) is -2.01. The van der Waals surface area contributed by atoms with Crippen LogP contribution in [-0.2, 0) is 19.1 Å². The standard InChI is InChI=1S/C11H16N4O4/c12-2-4-14-11(18)10(17)13-3-1-9(16)15-5-7-19-8-6-15/h1,3-8H2,(H,13,17)(H,14,18). The van der Waals surface area contributed by atoms with Crippen LogP contribution in [0.5, 0.6) is 0 Å². The molecule has 1 aliphatic rings. The third-order valence-electron chi connectivity index (χ3n) is 2.52. The van der Waals surface area contributed by atoms with E-state index in [4.69, 9.17) is 10.00 Å². The summed E-state index contributed by atoms with van der Waals surface area (Å²) in [5.41, 5.74) is 0. The molecule has 0 atom stereocenters. The van der Waals surface area contributed by atoms with Crippen LogP contribution in [0.2, 0.25) is 0 Å². The fourth-order valence-corrected chi connectivity index (χ4v) is 1.53. The molecule has 0 aliphatic carbocycles. The van der Waals surface area contributed by atoms with E-state index in [2.05, 4.69) is 10.6 Å². The van der Waals surface area contributed by atoms with Gasteiger partial charge in [-0.2, -0.15) is 5.26 Å². The Kier molecular flexibility index (Phi) is 6.32. The molecule has 0 aromatic heterocycles. The first kappa shape index (κ1) is 14.9. The zero-order chi connectivity index (χ0) is 14.1. The fourth-order valence-electron chi connectivity index (χ4n) is 1.53. The number of carbonyl (C=O) groups is 3. The number of morpholine rings is 1. The highest BCUT2D eigenvalue weighted by atomic mass is 16.5. The first-order valence-electron chi connectivity index (χ1n) is 5.93. The number of ether oxygens (including phenoxy) is 1. The number of nitriles is 1.